The summed E-state index contributed by atoms with van der Waals surface area (Å²) in [5.41, 5.74) is 21.8. The molecule has 0 amide bonds. The van der Waals surface area contributed by atoms with Crippen LogP contribution in [0.3, 0.4) is 0 Å². The lowest BCUT2D eigenvalue weighted by atomic mass is 9.88. The number of rotatable bonds is 15. The van der Waals surface area contributed by atoms with E-state index in [-0.39, 0.29) is 0 Å². The van der Waals surface area contributed by atoms with Crippen molar-refractivity contribution < 1.29 is 0 Å². The van der Waals surface area contributed by atoms with Crippen molar-refractivity contribution in [2.75, 3.05) is 11.5 Å². The maximum absolute atomic E-state index is 5.88. The van der Waals surface area contributed by atoms with Crippen LogP contribution >= 0.6 is 0 Å². The molecule has 2 unspecified atom stereocenters. The second kappa shape index (κ2) is 15.3. The van der Waals surface area contributed by atoms with Crippen LogP contribution in [0.5, 0.6) is 0 Å². The van der Waals surface area contributed by atoms with Crippen LogP contribution in [0.25, 0.3) is 0 Å². The first-order chi connectivity index (χ1) is 19.6. The Hall–Kier alpha value is -3.52. The summed E-state index contributed by atoms with van der Waals surface area (Å²) < 4.78 is 0. The summed E-state index contributed by atoms with van der Waals surface area (Å²) in [7, 11) is 0. The van der Waals surface area contributed by atoms with Crippen LogP contribution in [-0.4, -0.2) is 0 Å². The summed E-state index contributed by atoms with van der Waals surface area (Å²) in [4.78, 5) is 0. The summed E-state index contributed by atoms with van der Waals surface area (Å²) in [6.07, 6.45) is 12.4. The van der Waals surface area contributed by atoms with E-state index in [1.165, 1.54) is 84.7 Å². The molecule has 4 aromatic carbocycles. The van der Waals surface area contributed by atoms with Crippen molar-refractivity contribution in [3.63, 3.8) is 0 Å². The fourth-order valence-corrected chi connectivity index (χ4v) is 5.98. The molecule has 0 bridgehead atoms. The van der Waals surface area contributed by atoms with Crippen LogP contribution < -0.4 is 11.5 Å². The van der Waals surface area contributed by atoms with Crippen molar-refractivity contribution in [2.24, 2.45) is 0 Å². The molecule has 0 aliphatic rings. The second-order valence-electron chi connectivity index (χ2n) is 11.4. The molecule has 4 rings (SSSR count). The van der Waals surface area contributed by atoms with Crippen molar-refractivity contribution >= 4 is 11.4 Å². The Morgan fingerprint density at radius 1 is 0.400 bits per heavy atom. The zero-order valence-corrected chi connectivity index (χ0v) is 24.6. The van der Waals surface area contributed by atoms with E-state index in [0.29, 0.717) is 11.8 Å². The van der Waals surface area contributed by atoms with Gasteiger partial charge in [0.2, 0.25) is 0 Å². The monoisotopic (exact) mass is 532 g/mol. The number of hydrogen-bond acceptors (Lipinski definition) is 2. The molecule has 0 aliphatic heterocycles. The van der Waals surface area contributed by atoms with Gasteiger partial charge in [-0.1, -0.05) is 112 Å². The van der Waals surface area contributed by atoms with Crippen molar-refractivity contribution in [3.8, 4) is 0 Å². The van der Waals surface area contributed by atoms with E-state index in [1.807, 2.05) is 24.3 Å². The number of benzene rings is 4. The summed E-state index contributed by atoms with van der Waals surface area (Å²) in [5.74, 6) is 0.880. The highest BCUT2D eigenvalue weighted by Crippen LogP contribution is 2.30. The minimum atomic E-state index is 0.440. The van der Waals surface area contributed by atoms with Crippen molar-refractivity contribution in [1.82, 2.24) is 0 Å². The van der Waals surface area contributed by atoms with Crippen LogP contribution in [0.1, 0.15) is 110 Å². The van der Waals surface area contributed by atoms with Crippen LogP contribution in [0.15, 0.2) is 97.1 Å². The minimum Gasteiger partial charge on any atom is -0.399 e. The molecule has 0 spiro atoms. The summed E-state index contributed by atoms with van der Waals surface area (Å²) in [6.45, 7) is 4.52. The van der Waals surface area contributed by atoms with Gasteiger partial charge in [-0.15, -0.1) is 0 Å². The fourth-order valence-electron chi connectivity index (χ4n) is 5.98. The first kappa shape index (κ1) is 29.5. The highest BCUT2D eigenvalue weighted by molar-refractivity contribution is 5.44. The van der Waals surface area contributed by atoms with Gasteiger partial charge in [0.1, 0.15) is 0 Å². The maximum atomic E-state index is 5.88. The number of nitrogens with two attached hydrogens (primary N) is 2. The van der Waals surface area contributed by atoms with E-state index in [0.717, 1.165) is 24.2 Å². The van der Waals surface area contributed by atoms with Gasteiger partial charge in [-0.25, -0.2) is 0 Å². The van der Waals surface area contributed by atoms with Gasteiger partial charge >= 0.3 is 0 Å². The van der Waals surface area contributed by atoms with Crippen molar-refractivity contribution in [3.05, 3.63) is 130 Å². The molecule has 4 aromatic rings. The molecule has 0 saturated carbocycles. The predicted molar refractivity (Wildman–Crippen MR) is 174 cm³/mol. The lowest BCUT2D eigenvalue weighted by Gasteiger charge is -2.17. The Morgan fingerprint density at radius 2 is 0.675 bits per heavy atom. The number of aryl methyl sites for hydroxylation is 2. The fraction of sp³-hybridized carbons (Fsp3) is 0.368. The largest absolute Gasteiger partial charge is 0.399 e. The van der Waals surface area contributed by atoms with E-state index in [2.05, 4.69) is 86.6 Å². The molecule has 2 heteroatoms. The molecular weight excluding hydrogens is 484 g/mol. The molecule has 2 nitrogen and oxygen atoms in total. The molecule has 0 saturated heterocycles. The molecule has 210 valence electrons. The number of nitrogen functional groups attached to an aromatic ring is 2. The van der Waals surface area contributed by atoms with Crippen molar-refractivity contribution in [1.29, 1.82) is 0 Å². The molecule has 4 N–H and O–H groups in total. The lowest BCUT2D eigenvalue weighted by molar-refractivity contribution is 0.594. The predicted octanol–water partition coefficient (Wildman–Crippen LogP) is 10.1. The summed E-state index contributed by atoms with van der Waals surface area (Å²) >= 11 is 0. The van der Waals surface area contributed by atoms with E-state index >= 15 is 0 Å². The standard InChI is InChI=1S/C38H48N2/c1-3-37(33-21-25-35(39)26-22-33)31-17-13-29(14-18-31)11-9-7-5-6-8-10-12-30-15-19-32(20-16-30)38(4-2)34-23-27-36(40)28-24-34/h13-28,37-38H,3-12,39-40H2,1-2H3. The van der Waals surface area contributed by atoms with Crippen molar-refractivity contribution in [2.45, 2.75) is 89.9 Å². The van der Waals surface area contributed by atoms with E-state index in [4.69, 9.17) is 11.5 Å². The Bertz CT molecular complexity index is 1150. The summed E-state index contributed by atoms with van der Waals surface area (Å²) in [5, 5.41) is 0. The molecule has 0 aromatic heterocycles. The summed E-state index contributed by atoms with van der Waals surface area (Å²) in [6, 6.07) is 35.3. The Morgan fingerprint density at radius 3 is 0.975 bits per heavy atom. The molecular formula is C38H48N2. The van der Waals surface area contributed by atoms with Crippen LogP contribution in [0.4, 0.5) is 11.4 Å². The van der Waals surface area contributed by atoms with Crippen LogP contribution in [0.2, 0.25) is 0 Å². The quantitative estimate of drug-likeness (QED) is 0.118. The van der Waals surface area contributed by atoms with E-state index in [1.54, 1.807) is 0 Å². The Labute approximate surface area is 242 Å². The van der Waals surface area contributed by atoms with Gasteiger partial charge in [-0.3, -0.25) is 0 Å². The van der Waals surface area contributed by atoms with E-state index in [9.17, 15) is 0 Å². The number of hydrogen-bond donors (Lipinski definition) is 2. The third kappa shape index (κ3) is 8.49. The van der Waals surface area contributed by atoms with E-state index < -0.39 is 0 Å². The maximum Gasteiger partial charge on any atom is 0.0314 e. The molecule has 0 heterocycles. The van der Waals surface area contributed by atoms with Gasteiger partial charge in [0.25, 0.3) is 0 Å². The number of anilines is 2. The second-order valence-corrected chi connectivity index (χ2v) is 11.4. The third-order valence-corrected chi connectivity index (χ3v) is 8.44. The molecule has 0 fully saturated rings. The molecule has 0 aliphatic carbocycles. The van der Waals surface area contributed by atoms with Gasteiger partial charge in [0, 0.05) is 23.2 Å². The average molecular weight is 533 g/mol. The topological polar surface area (TPSA) is 52.0 Å². The van der Waals surface area contributed by atoms with Gasteiger partial charge in [-0.05, 0) is 96.2 Å². The minimum absolute atomic E-state index is 0.440. The molecule has 40 heavy (non-hydrogen) atoms. The highest BCUT2D eigenvalue weighted by Gasteiger charge is 2.13. The van der Waals surface area contributed by atoms with Crippen LogP contribution in [0, 0.1) is 0 Å². The first-order valence-electron chi connectivity index (χ1n) is 15.5. The smallest absolute Gasteiger partial charge is 0.0314 e. The highest BCUT2D eigenvalue weighted by atomic mass is 14.5. The van der Waals surface area contributed by atoms with Gasteiger partial charge < -0.3 is 11.5 Å². The van der Waals surface area contributed by atoms with Gasteiger partial charge in [0.15, 0.2) is 0 Å². The molecule has 2 atom stereocenters. The first-order valence-corrected chi connectivity index (χ1v) is 15.5. The average Bonchev–Trinajstić information content (AvgIpc) is 2.98. The van der Waals surface area contributed by atoms with Gasteiger partial charge in [-0.2, -0.15) is 0 Å². The normalized spacial score (nSPS) is 12.8. The Kier molecular flexibility index (Phi) is 11.3. The SMILES string of the molecule is CCC(c1ccc(N)cc1)c1ccc(CCCCCCCCc2ccc(C(CC)c3ccc(N)cc3)cc2)cc1. The number of unbranched alkanes of at least 4 members (excludes halogenated alkanes) is 5. The van der Waals surface area contributed by atoms with Gasteiger partial charge in [0.05, 0.1) is 0 Å². The Balaban J connectivity index is 1.11. The molecule has 0 radical (unpaired) electrons. The zero-order valence-electron chi connectivity index (χ0n) is 24.6. The lowest BCUT2D eigenvalue weighted by Crippen LogP contribution is -2.00. The zero-order chi connectivity index (χ0) is 28.2. The van der Waals surface area contributed by atoms with Crippen LogP contribution in [-0.2, 0) is 12.8 Å². The third-order valence-electron chi connectivity index (χ3n) is 8.44.